The van der Waals surface area contributed by atoms with Gasteiger partial charge in [0.2, 0.25) is 10.0 Å². The third-order valence-electron chi connectivity index (χ3n) is 5.56. The molecule has 0 N–H and O–H groups in total. The van der Waals surface area contributed by atoms with Gasteiger partial charge in [-0.25, -0.2) is 8.42 Å². The van der Waals surface area contributed by atoms with Gasteiger partial charge in [-0.2, -0.15) is 5.26 Å². The summed E-state index contributed by atoms with van der Waals surface area (Å²) in [6.45, 7) is 11.5. The number of hydrogen-bond donors (Lipinski definition) is 0. The summed E-state index contributed by atoms with van der Waals surface area (Å²) in [6, 6.07) is 10.5. The van der Waals surface area contributed by atoms with Gasteiger partial charge in [0.25, 0.3) is 0 Å². The molecule has 0 aliphatic rings. The summed E-state index contributed by atoms with van der Waals surface area (Å²) in [4.78, 5) is 4.21. The molecule has 0 aliphatic heterocycles. The quantitative estimate of drug-likeness (QED) is 0.220. The Labute approximate surface area is 232 Å². The van der Waals surface area contributed by atoms with Crippen molar-refractivity contribution in [3.05, 3.63) is 58.2 Å². The van der Waals surface area contributed by atoms with Crippen LogP contribution in [0.5, 0.6) is 0 Å². The first-order valence-electron chi connectivity index (χ1n) is 11.5. The van der Waals surface area contributed by atoms with E-state index in [1.54, 1.807) is 31.3 Å². The number of nitriles is 1. The minimum Gasteiger partial charge on any atom is -0.377 e. The number of pyridine rings is 1. The molecular weight excluding hydrogens is 554 g/mol. The first kappa shape index (κ1) is 29.0. The molecular formula is C25H27CuN9O2S. The molecule has 0 atom stereocenters. The minimum absolute atomic E-state index is 0. The molecule has 3 heterocycles. The second kappa shape index (κ2) is 10.3. The monoisotopic (exact) mass is 580 g/mol. The van der Waals surface area contributed by atoms with Crippen molar-refractivity contribution in [1.82, 2.24) is 25.0 Å². The number of nitrogens with zero attached hydrogens (tertiary/aromatic N) is 9. The largest absolute Gasteiger partial charge is 2.00 e. The van der Waals surface area contributed by atoms with Crippen molar-refractivity contribution in [3.8, 4) is 6.07 Å². The predicted molar refractivity (Wildman–Crippen MR) is 139 cm³/mol. The zero-order valence-electron chi connectivity index (χ0n) is 22.0. The fourth-order valence-electron chi connectivity index (χ4n) is 3.75. The number of fused-ring (bicyclic) bond motifs is 1. The summed E-state index contributed by atoms with van der Waals surface area (Å²) in [5, 5.41) is 31.6. The van der Waals surface area contributed by atoms with Gasteiger partial charge >= 0.3 is 17.1 Å². The number of sulfonamides is 1. The third-order valence-corrected chi connectivity index (χ3v) is 6.85. The van der Waals surface area contributed by atoms with E-state index < -0.39 is 20.9 Å². The molecule has 4 aromatic rings. The Kier molecular flexibility index (Phi) is 7.84. The van der Waals surface area contributed by atoms with Crippen LogP contribution in [0.15, 0.2) is 51.7 Å². The molecule has 38 heavy (non-hydrogen) atoms. The zero-order valence-corrected chi connectivity index (χ0v) is 23.8. The fraction of sp³-hybridized carbons (Fsp3) is 0.360. The summed E-state index contributed by atoms with van der Waals surface area (Å²) in [5.41, 5.74) is 0.742. The molecule has 0 fully saturated rings. The van der Waals surface area contributed by atoms with Crippen LogP contribution >= 0.6 is 0 Å². The van der Waals surface area contributed by atoms with Crippen LogP contribution < -0.4 is 5.10 Å². The molecule has 3 aromatic heterocycles. The summed E-state index contributed by atoms with van der Waals surface area (Å²) >= 11 is 0. The van der Waals surface area contributed by atoms with E-state index in [9.17, 15) is 13.7 Å². The van der Waals surface area contributed by atoms with Gasteiger partial charge in [0.1, 0.15) is 6.07 Å². The van der Waals surface area contributed by atoms with Crippen molar-refractivity contribution in [2.24, 2.45) is 17.3 Å². The summed E-state index contributed by atoms with van der Waals surface area (Å²) in [6.07, 6.45) is 1.53. The maximum absolute atomic E-state index is 13.5. The van der Waals surface area contributed by atoms with Crippen molar-refractivity contribution in [3.63, 3.8) is 0 Å². The van der Waals surface area contributed by atoms with Crippen molar-refractivity contribution in [2.75, 3.05) is 0 Å². The van der Waals surface area contributed by atoms with Crippen molar-refractivity contribution in [1.29, 1.82) is 5.26 Å². The zero-order chi connectivity index (χ0) is 27.2. The number of aromatic nitrogens is 5. The van der Waals surface area contributed by atoms with Crippen LogP contribution in [0, 0.1) is 11.3 Å². The smallest absolute Gasteiger partial charge is 0.377 e. The maximum Gasteiger partial charge on any atom is 2.00 e. The average molecular weight is 581 g/mol. The van der Waals surface area contributed by atoms with Gasteiger partial charge in [-0.3, -0.25) is 20.3 Å². The normalized spacial score (nSPS) is 12.5. The van der Waals surface area contributed by atoms with E-state index in [4.69, 9.17) is 0 Å². The van der Waals surface area contributed by atoms with Crippen LogP contribution in [0.3, 0.4) is 0 Å². The molecule has 1 radical (unpaired) electrons. The molecule has 0 saturated carbocycles. The molecule has 1 aromatic carbocycles. The van der Waals surface area contributed by atoms with Gasteiger partial charge in [0.15, 0.2) is 0 Å². The van der Waals surface area contributed by atoms with Gasteiger partial charge in [0, 0.05) is 22.4 Å². The Morgan fingerprint density at radius 3 is 2.32 bits per heavy atom. The van der Waals surface area contributed by atoms with Gasteiger partial charge in [-0.1, -0.05) is 59.7 Å². The summed E-state index contributed by atoms with van der Waals surface area (Å²) in [7, 11) is -2.62. The number of para-hydroxylation sites is 1. The molecule has 0 spiro atoms. The molecule has 0 saturated heterocycles. The standard InChI is InChI=1S/C25H27N9O2S.Cu/c1-24(2,3)20-16(14-26)22(31-29-20)30-28-19-21(25(4,5)6)32-34(7)23(19)33-37(35,36)17-12-8-10-15-11-9-13-27-18(15)17;/h8-13H,1-7H3;/q-2;+2. The summed E-state index contributed by atoms with van der Waals surface area (Å²) in [5.74, 6) is 0.0406. The van der Waals surface area contributed by atoms with E-state index >= 15 is 0 Å². The summed E-state index contributed by atoms with van der Waals surface area (Å²) < 4.78 is 32.4. The van der Waals surface area contributed by atoms with Crippen LogP contribution in [0.2, 0.25) is 0 Å². The van der Waals surface area contributed by atoms with E-state index in [0.717, 1.165) is 0 Å². The van der Waals surface area contributed by atoms with Gasteiger partial charge in [0.05, 0.1) is 33.1 Å². The van der Waals surface area contributed by atoms with Crippen LogP contribution in [0.25, 0.3) is 15.6 Å². The Morgan fingerprint density at radius 2 is 1.68 bits per heavy atom. The number of hydrogen-bond acceptors (Lipinski definition) is 8. The first-order valence-corrected chi connectivity index (χ1v) is 12.9. The first-order chi connectivity index (χ1) is 17.2. The van der Waals surface area contributed by atoms with Crippen LogP contribution in [0.1, 0.15) is 58.5 Å². The van der Waals surface area contributed by atoms with Crippen molar-refractivity contribution < 1.29 is 25.5 Å². The van der Waals surface area contributed by atoms with E-state index in [1.807, 2.05) is 41.5 Å². The maximum atomic E-state index is 13.5. The number of rotatable bonds is 5. The number of azo groups is 1. The molecule has 13 heteroatoms. The van der Waals surface area contributed by atoms with Crippen molar-refractivity contribution in [2.45, 2.75) is 57.3 Å². The SMILES string of the molecule is Cn1nc(C(C)(C)C)c(N=Nc2[n-]nc(C(C)(C)C)c2C#N)c1[N-]S(=O)(=O)c1cccc2cccnc12.[Cu+2]. The van der Waals surface area contributed by atoms with E-state index in [2.05, 4.69) is 41.3 Å². The number of aryl methyl sites for hydroxylation is 1. The second-order valence-corrected chi connectivity index (χ2v) is 12.2. The molecule has 0 amide bonds. The van der Waals surface area contributed by atoms with E-state index in [-0.39, 0.29) is 44.9 Å². The Hall–Kier alpha value is -3.59. The Morgan fingerprint density at radius 1 is 1.03 bits per heavy atom. The van der Waals surface area contributed by atoms with Gasteiger partial charge < -0.3 is 19.6 Å². The Balaban J connectivity index is 0.00000400. The molecule has 11 nitrogen and oxygen atoms in total. The van der Waals surface area contributed by atoms with E-state index in [0.29, 0.717) is 22.3 Å². The van der Waals surface area contributed by atoms with Gasteiger partial charge in [-0.05, 0) is 30.8 Å². The van der Waals surface area contributed by atoms with Crippen LogP contribution in [0.4, 0.5) is 17.3 Å². The molecule has 201 valence electrons. The molecule has 0 bridgehead atoms. The fourth-order valence-corrected chi connectivity index (χ4v) is 4.95. The van der Waals surface area contributed by atoms with E-state index in [1.165, 1.54) is 16.9 Å². The third kappa shape index (κ3) is 5.48. The predicted octanol–water partition coefficient (Wildman–Crippen LogP) is 5.59. The Bertz CT molecular complexity index is 1660. The van der Waals surface area contributed by atoms with Gasteiger partial charge in [-0.15, -0.1) is 0 Å². The molecule has 0 aliphatic carbocycles. The topological polar surface area (TPSA) is 154 Å². The minimum atomic E-state index is -4.21. The molecule has 4 rings (SSSR count). The second-order valence-electron chi connectivity index (χ2n) is 10.6. The average Bonchev–Trinajstić information content (AvgIpc) is 3.37. The van der Waals surface area contributed by atoms with Crippen LogP contribution in [-0.4, -0.2) is 28.3 Å². The molecule has 0 unspecified atom stereocenters. The van der Waals surface area contributed by atoms with Crippen LogP contribution in [-0.2, 0) is 45.0 Å². The number of benzene rings is 1. The van der Waals surface area contributed by atoms with Crippen molar-refractivity contribution >= 4 is 38.2 Å².